The smallest absolute Gasteiger partial charge is 0.324 e. The van der Waals surface area contributed by atoms with Crippen LogP contribution in [0.15, 0.2) is 34.4 Å². The molecule has 3 heterocycles. The second kappa shape index (κ2) is 8.71. The summed E-state index contributed by atoms with van der Waals surface area (Å²) >= 11 is 6.15. The van der Waals surface area contributed by atoms with Crippen LogP contribution in [0, 0.1) is 0 Å². The summed E-state index contributed by atoms with van der Waals surface area (Å²) in [5.41, 5.74) is 1.10. The summed E-state index contributed by atoms with van der Waals surface area (Å²) < 4.78 is 6.26. The first-order valence-corrected chi connectivity index (χ1v) is 10.7. The highest BCUT2D eigenvalue weighted by atomic mass is 35.5. The van der Waals surface area contributed by atoms with E-state index in [1.165, 1.54) is 5.56 Å². The number of rotatable bonds is 1. The van der Waals surface area contributed by atoms with E-state index in [0.717, 1.165) is 37.1 Å². The summed E-state index contributed by atoms with van der Waals surface area (Å²) in [5.74, 6) is 0.870. The van der Waals surface area contributed by atoms with E-state index in [4.69, 9.17) is 16.3 Å². The van der Waals surface area contributed by atoms with Crippen molar-refractivity contribution in [2.75, 3.05) is 33.3 Å². The van der Waals surface area contributed by atoms with Crippen LogP contribution in [-0.2, 0) is 4.74 Å². The number of aliphatic imine (C=N–C) groups is 1. The number of halogens is 1. The lowest BCUT2D eigenvalue weighted by Crippen LogP contribution is -2.52. The minimum absolute atomic E-state index is 0.120. The standard InChI is InChI=1S/C21H28ClN5O2/c1-26-19(23-9-2-3-10-24-26)25-20(28)27-11-7-21(8-12-27)14-17(15-29-21)16-5-4-6-18(22)13-16/h4-6,10,13,17H,2-3,7-9,11-12,14-15H2,1H3,(H,23,25,28). The number of hydrogen-bond donors (Lipinski definition) is 1. The normalized spacial score (nSPS) is 24.2. The Kier molecular flexibility index (Phi) is 6.06. The number of amides is 2. The molecule has 1 spiro atoms. The third-order valence-corrected chi connectivity index (χ3v) is 6.26. The molecule has 0 bridgehead atoms. The average Bonchev–Trinajstić information content (AvgIpc) is 3.12. The van der Waals surface area contributed by atoms with E-state index in [9.17, 15) is 4.79 Å². The van der Waals surface area contributed by atoms with Gasteiger partial charge in [-0.2, -0.15) is 5.10 Å². The first kappa shape index (κ1) is 20.2. The maximum Gasteiger partial charge on any atom is 0.324 e. The largest absolute Gasteiger partial charge is 0.374 e. The fraction of sp³-hybridized carbons (Fsp3) is 0.571. The van der Waals surface area contributed by atoms with Crippen LogP contribution >= 0.6 is 11.6 Å². The summed E-state index contributed by atoms with van der Waals surface area (Å²) in [6.45, 7) is 2.75. The second-order valence-corrected chi connectivity index (χ2v) is 8.47. The molecule has 1 aromatic carbocycles. The summed E-state index contributed by atoms with van der Waals surface area (Å²) in [7, 11) is 1.80. The Bertz CT molecular complexity index is 804. The number of carbonyl (C=O) groups excluding carboxylic acids is 1. The van der Waals surface area contributed by atoms with Crippen molar-refractivity contribution in [2.45, 2.75) is 43.6 Å². The Balaban J connectivity index is 1.32. The molecule has 2 fully saturated rings. The molecular weight excluding hydrogens is 390 g/mol. The monoisotopic (exact) mass is 417 g/mol. The van der Waals surface area contributed by atoms with E-state index in [-0.39, 0.29) is 11.6 Å². The van der Waals surface area contributed by atoms with Gasteiger partial charge >= 0.3 is 6.03 Å². The first-order chi connectivity index (χ1) is 14.0. The minimum Gasteiger partial charge on any atom is -0.374 e. The lowest BCUT2D eigenvalue weighted by atomic mass is 9.83. The van der Waals surface area contributed by atoms with Crippen LogP contribution in [0.5, 0.6) is 0 Å². The number of ether oxygens (including phenoxy) is 1. The highest BCUT2D eigenvalue weighted by Crippen LogP contribution is 2.43. The predicted molar refractivity (Wildman–Crippen MR) is 115 cm³/mol. The van der Waals surface area contributed by atoms with Crippen LogP contribution in [0.2, 0.25) is 5.02 Å². The molecule has 1 N–H and O–H groups in total. The van der Waals surface area contributed by atoms with Gasteiger partial charge in [0.05, 0.1) is 12.2 Å². The Hall–Kier alpha value is -2.12. The topological polar surface area (TPSA) is 69.5 Å². The Morgan fingerprint density at radius 2 is 2.17 bits per heavy atom. The fourth-order valence-corrected chi connectivity index (χ4v) is 4.48. The van der Waals surface area contributed by atoms with Gasteiger partial charge in [-0.3, -0.25) is 10.3 Å². The van der Waals surface area contributed by atoms with Gasteiger partial charge in [-0.05, 0) is 49.8 Å². The molecule has 156 valence electrons. The summed E-state index contributed by atoms with van der Waals surface area (Å²) in [6, 6.07) is 7.93. The zero-order valence-electron chi connectivity index (χ0n) is 16.8. The van der Waals surface area contributed by atoms with Gasteiger partial charge < -0.3 is 9.64 Å². The molecule has 8 heteroatoms. The maximum absolute atomic E-state index is 12.7. The molecule has 4 rings (SSSR count). The van der Waals surface area contributed by atoms with Crippen molar-refractivity contribution in [1.29, 1.82) is 0 Å². The molecule has 29 heavy (non-hydrogen) atoms. The third-order valence-electron chi connectivity index (χ3n) is 6.02. The van der Waals surface area contributed by atoms with Crippen molar-refractivity contribution in [3.63, 3.8) is 0 Å². The zero-order chi connectivity index (χ0) is 20.3. The van der Waals surface area contributed by atoms with Gasteiger partial charge in [0.15, 0.2) is 0 Å². The number of nitrogens with zero attached hydrogens (tertiary/aromatic N) is 4. The molecular formula is C21H28ClN5O2. The molecule has 7 nitrogen and oxygen atoms in total. The number of nitrogens with one attached hydrogen (secondary N) is 1. The van der Waals surface area contributed by atoms with Crippen LogP contribution < -0.4 is 5.32 Å². The fourth-order valence-electron chi connectivity index (χ4n) is 4.28. The van der Waals surface area contributed by atoms with Crippen molar-refractivity contribution in [1.82, 2.24) is 15.2 Å². The Morgan fingerprint density at radius 3 is 2.97 bits per heavy atom. The molecule has 3 aliphatic rings. The number of likely N-dealkylation sites (tertiary alicyclic amines) is 1. The Morgan fingerprint density at radius 1 is 1.34 bits per heavy atom. The van der Waals surface area contributed by atoms with Gasteiger partial charge in [0, 0.05) is 43.8 Å². The van der Waals surface area contributed by atoms with E-state index in [1.807, 2.05) is 29.3 Å². The van der Waals surface area contributed by atoms with E-state index >= 15 is 0 Å². The molecule has 0 radical (unpaired) electrons. The molecule has 1 aromatic rings. The molecule has 2 saturated heterocycles. The molecule has 2 amide bonds. The highest BCUT2D eigenvalue weighted by molar-refractivity contribution is 6.30. The third kappa shape index (κ3) is 4.73. The summed E-state index contributed by atoms with van der Waals surface area (Å²) in [5, 5.41) is 9.59. The summed E-state index contributed by atoms with van der Waals surface area (Å²) in [4.78, 5) is 19.0. The number of piperidine rings is 1. The molecule has 0 saturated carbocycles. The average molecular weight is 418 g/mol. The SMILES string of the molecule is CN1N=CCCCN=C1NC(=O)N1CCC2(CC1)CC(c1cccc(Cl)c1)CO2. The number of hydrogen-bond acceptors (Lipinski definition) is 5. The van der Waals surface area contributed by atoms with Crippen LogP contribution in [-0.4, -0.2) is 67.0 Å². The number of guanidine groups is 1. The quantitative estimate of drug-likeness (QED) is 0.760. The van der Waals surface area contributed by atoms with Crippen molar-refractivity contribution < 1.29 is 9.53 Å². The molecule has 0 aromatic heterocycles. The molecule has 1 unspecified atom stereocenters. The van der Waals surface area contributed by atoms with E-state index in [0.29, 0.717) is 38.1 Å². The minimum atomic E-state index is -0.136. The number of carbonyl (C=O) groups is 1. The van der Waals surface area contributed by atoms with Crippen LogP contribution in [0.25, 0.3) is 0 Å². The summed E-state index contributed by atoms with van der Waals surface area (Å²) in [6.07, 6.45) is 6.37. The lowest BCUT2D eigenvalue weighted by Gasteiger charge is -2.38. The molecule has 0 aliphatic carbocycles. The van der Waals surface area contributed by atoms with Gasteiger partial charge in [0.25, 0.3) is 0 Å². The zero-order valence-corrected chi connectivity index (χ0v) is 17.6. The maximum atomic E-state index is 12.7. The predicted octanol–water partition coefficient (Wildman–Crippen LogP) is 3.46. The number of benzene rings is 1. The van der Waals surface area contributed by atoms with E-state index in [2.05, 4.69) is 21.5 Å². The highest BCUT2D eigenvalue weighted by Gasteiger charge is 2.43. The number of urea groups is 1. The van der Waals surface area contributed by atoms with Gasteiger partial charge in [0.1, 0.15) is 0 Å². The van der Waals surface area contributed by atoms with E-state index < -0.39 is 0 Å². The second-order valence-electron chi connectivity index (χ2n) is 8.04. The van der Waals surface area contributed by atoms with Gasteiger partial charge in [-0.25, -0.2) is 9.80 Å². The van der Waals surface area contributed by atoms with Crippen molar-refractivity contribution in [3.8, 4) is 0 Å². The molecule has 3 aliphatic heterocycles. The lowest BCUT2D eigenvalue weighted by molar-refractivity contribution is -0.0360. The first-order valence-electron chi connectivity index (χ1n) is 10.3. The van der Waals surface area contributed by atoms with Crippen molar-refractivity contribution >= 4 is 29.8 Å². The molecule has 1 atom stereocenters. The Labute approximate surface area is 176 Å². The van der Waals surface area contributed by atoms with E-state index in [1.54, 1.807) is 12.1 Å². The van der Waals surface area contributed by atoms with Crippen molar-refractivity contribution in [3.05, 3.63) is 34.9 Å². The van der Waals surface area contributed by atoms with Crippen LogP contribution in [0.3, 0.4) is 0 Å². The van der Waals surface area contributed by atoms with Crippen LogP contribution in [0.4, 0.5) is 4.79 Å². The van der Waals surface area contributed by atoms with Gasteiger partial charge in [-0.1, -0.05) is 23.7 Å². The van der Waals surface area contributed by atoms with Gasteiger partial charge in [-0.15, -0.1) is 0 Å². The van der Waals surface area contributed by atoms with Crippen molar-refractivity contribution in [2.24, 2.45) is 10.1 Å². The van der Waals surface area contributed by atoms with Gasteiger partial charge in [0.2, 0.25) is 5.96 Å². The number of hydrazone groups is 1. The van der Waals surface area contributed by atoms with Crippen LogP contribution in [0.1, 0.15) is 43.6 Å².